The van der Waals surface area contributed by atoms with Crippen molar-refractivity contribution in [2.75, 3.05) is 19.6 Å². The largest absolute Gasteiger partial charge is 0.480 e. The number of carboxylic acid groups (broad SMARTS) is 1. The van der Waals surface area contributed by atoms with Gasteiger partial charge in [0.1, 0.15) is 6.54 Å². The number of unbranched alkanes of at least 4 members (excludes halogenated alkanes) is 1. The van der Waals surface area contributed by atoms with Crippen LogP contribution in [0.25, 0.3) is 0 Å². The molecule has 0 heterocycles. The molecule has 0 aromatic heterocycles. The summed E-state index contributed by atoms with van der Waals surface area (Å²) in [7, 11) is 0. The van der Waals surface area contributed by atoms with Crippen molar-refractivity contribution in [1.82, 2.24) is 10.2 Å². The fourth-order valence-corrected chi connectivity index (χ4v) is 1.48. The van der Waals surface area contributed by atoms with E-state index in [1.165, 1.54) is 4.90 Å². The zero-order valence-electron chi connectivity index (χ0n) is 11.0. The van der Waals surface area contributed by atoms with Crippen LogP contribution in [0.3, 0.4) is 0 Å². The zero-order valence-corrected chi connectivity index (χ0v) is 11.0. The smallest absolute Gasteiger partial charge is 0.323 e. The number of aliphatic carboxylic acids is 1. The van der Waals surface area contributed by atoms with Gasteiger partial charge >= 0.3 is 12.0 Å². The Morgan fingerprint density at radius 1 is 1.29 bits per heavy atom. The van der Waals surface area contributed by atoms with Gasteiger partial charge in [-0.2, -0.15) is 0 Å². The van der Waals surface area contributed by atoms with E-state index in [1.807, 2.05) is 0 Å². The predicted octanol–water partition coefficient (Wildman–Crippen LogP) is 1.93. The minimum Gasteiger partial charge on any atom is -0.480 e. The van der Waals surface area contributed by atoms with Crippen molar-refractivity contribution in [2.24, 2.45) is 5.92 Å². The van der Waals surface area contributed by atoms with Crippen molar-refractivity contribution < 1.29 is 14.7 Å². The molecule has 0 aliphatic rings. The summed E-state index contributed by atoms with van der Waals surface area (Å²) >= 11 is 0. The highest BCUT2D eigenvalue weighted by Crippen LogP contribution is 2.05. The Hall–Kier alpha value is -1.26. The standard InChI is InChI=1S/C12H24N2O3/c1-4-14(9-11(15)16)12(17)13-8-6-5-7-10(2)3/h10H,4-9H2,1-3H3,(H,13,17)(H,15,16). The van der Waals surface area contributed by atoms with Crippen molar-refractivity contribution in [3.63, 3.8) is 0 Å². The molecule has 0 bridgehead atoms. The van der Waals surface area contributed by atoms with E-state index in [9.17, 15) is 9.59 Å². The molecule has 5 nitrogen and oxygen atoms in total. The van der Waals surface area contributed by atoms with E-state index < -0.39 is 5.97 Å². The summed E-state index contributed by atoms with van der Waals surface area (Å²) in [6.45, 7) is 6.88. The summed E-state index contributed by atoms with van der Waals surface area (Å²) in [5.41, 5.74) is 0. The number of hydrogen-bond donors (Lipinski definition) is 2. The van der Waals surface area contributed by atoms with Gasteiger partial charge in [0.05, 0.1) is 0 Å². The maximum absolute atomic E-state index is 11.6. The van der Waals surface area contributed by atoms with E-state index in [2.05, 4.69) is 19.2 Å². The van der Waals surface area contributed by atoms with Gasteiger partial charge in [-0.1, -0.05) is 26.7 Å². The topological polar surface area (TPSA) is 69.6 Å². The lowest BCUT2D eigenvalue weighted by atomic mass is 10.1. The Balaban J connectivity index is 3.72. The van der Waals surface area contributed by atoms with E-state index >= 15 is 0 Å². The molecule has 0 rings (SSSR count). The lowest BCUT2D eigenvalue weighted by Crippen LogP contribution is -2.42. The number of carbonyl (C=O) groups excluding carboxylic acids is 1. The summed E-state index contributed by atoms with van der Waals surface area (Å²) in [6, 6.07) is -0.292. The summed E-state index contributed by atoms with van der Waals surface area (Å²) in [6.07, 6.45) is 3.18. The molecule has 2 amide bonds. The van der Waals surface area contributed by atoms with Crippen LogP contribution in [0.4, 0.5) is 4.79 Å². The van der Waals surface area contributed by atoms with E-state index in [1.54, 1.807) is 6.92 Å². The average molecular weight is 244 g/mol. The number of rotatable bonds is 8. The molecule has 2 N–H and O–H groups in total. The van der Waals surface area contributed by atoms with Gasteiger partial charge in [0.15, 0.2) is 0 Å². The molecule has 0 atom stereocenters. The molecule has 0 aliphatic heterocycles. The van der Waals surface area contributed by atoms with Gasteiger partial charge in [0.25, 0.3) is 0 Å². The molecule has 0 spiro atoms. The number of carboxylic acids is 1. The molecule has 100 valence electrons. The minimum absolute atomic E-state index is 0.242. The summed E-state index contributed by atoms with van der Waals surface area (Å²) < 4.78 is 0. The van der Waals surface area contributed by atoms with Crippen molar-refractivity contribution in [3.05, 3.63) is 0 Å². The number of carbonyl (C=O) groups is 2. The van der Waals surface area contributed by atoms with Crippen molar-refractivity contribution >= 4 is 12.0 Å². The van der Waals surface area contributed by atoms with E-state index in [-0.39, 0.29) is 12.6 Å². The highest BCUT2D eigenvalue weighted by atomic mass is 16.4. The molecule has 0 aromatic carbocycles. The maximum Gasteiger partial charge on any atom is 0.323 e. The molecule has 0 radical (unpaired) electrons. The molecule has 17 heavy (non-hydrogen) atoms. The number of urea groups is 1. The fourth-order valence-electron chi connectivity index (χ4n) is 1.48. The fraction of sp³-hybridized carbons (Fsp3) is 0.833. The third-order valence-corrected chi connectivity index (χ3v) is 2.48. The first-order valence-corrected chi connectivity index (χ1v) is 6.22. The first-order valence-electron chi connectivity index (χ1n) is 6.22. The third kappa shape index (κ3) is 8.54. The van der Waals surface area contributed by atoms with Gasteiger partial charge in [-0.05, 0) is 19.3 Å². The molecule has 5 heteroatoms. The van der Waals surface area contributed by atoms with Crippen LogP contribution in [-0.4, -0.2) is 41.6 Å². The van der Waals surface area contributed by atoms with Crippen molar-refractivity contribution in [1.29, 1.82) is 0 Å². The first-order chi connectivity index (χ1) is 7.97. The number of likely N-dealkylation sites (N-methyl/N-ethyl adjacent to an activating group) is 1. The normalized spacial score (nSPS) is 10.4. The Morgan fingerprint density at radius 2 is 1.94 bits per heavy atom. The molecule has 0 aromatic rings. The lowest BCUT2D eigenvalue weighted by molar-refractivity contribution is -0.137. The zero-order chi connectivity index (χ0) is 13.3. The highest BCUT2D eigenvalue weighted by Gasteiger charge is 2.13. The van der Waals surface area contributed by atoms with Gasteiger partial charge in [-0.25, -0.2) is 4.79 Å². The van der Waals surface area contributed by atoms with Crippen LogP contribution in [0.2, 0.25) is 0 Å². The molecule has 0 saturated heterocycles. The van der Waals surface area contributed by atoms with Crippen LogP contribution in [0.1, 0.15) is 40.0 Å². The summed E-state index contributed by atoms with van der Waals surface area (Å²) in [4.78, 5) is 23.3. The Morgan fingerprint density at radius 3 is 2.41 bits per heavy atom. The number of hydrogen-bond acceptors (Lipinski definition) is 2. The first kappa shape index (κ1) is 15.7. The van der Waals surface area contributed by atoms with E-state index in [4.69, 9.17) is 5.11 Å². The molecule has 0 fully saturated rings. The van der Waals surface area contributed by atoms with Crippen molar-refractivity contribution in [2.45, 2.75) is 40.0 Å². The second-order valence-electron chi connectivity index (χ2n) is 4.53. The second kappa shape index (κ2) is 8.84. The quantitative estimate of drug-likeness (QED) is 0.641. The average Bonchev–Trinajstić information content (AvgIpc) is 2.24. The Labute approximate surface area is 103 Å². The van der Waals surface area contributed by atoms with Gasteiger partial charge in [0, 0.05) is 13.1 Å². The molecule has 0 saturated carbocycles. The number of nitrogens with one attached hydrogen (secondary N) is 1. The van der Waals surface area contributed by atoms with Gasteiger partial charge in [-0.3, -0.25) is 4.79 Å². The molecule has 0 unspecified atom stereocenters. The second-order valence-corrected chi connectivity index (χ2v) is 4.53. The van der Waals surface area contributed by atoms with Crippen LogP contribution in [-0.2, 0) is 4.79 Å². The lowest BCUT2D eigenvalue weighted by Gasteiger charge is -2.19. The molecular weight excluding hydrogens is 220 g/mol. The van der Waals surface area contributed by atoms with Crippen LogP contribution >= 0.6 is 0 Å². The summed E-state index contributed by atoms with van der Waals surface area (Å²) in [5.74, 6) is -0.299. The Bertz CT molecular complexity index is 242. The predicted molar refractivity (Wildman–Crippen MR) is 67.0 cm³/mol. The van der Waals surface area contributed by atoms with E-state index in [0.29, 0.717) is 19.0 Å². The highest BCUT2D eigenvalue weighted by molar-refractivity contribution is 5.79. The molecule has 0 aliphatic carbocycles. The van der Waals surface area contributed by atoms with Gasteiger partial charge < -0.3 is 15.3 Å². The van der Waals surface area contributed by atoms with Gasteiger partial charge in [0.2, 0.25) is 0 Å². The minimum atomic E-state index is -0.984. The monoisotopic (exact) mass is 244 g/mol. The molecular formula is C12H24N2O3. The van der Waals surface area contributed by atoms with Crippen molar-refractivity contribution in [3.8, 4) is 0 Å². The van der Waals surface area contributed by atoms with Crippen LogP contribution < -0.4 is 5.32 Å². The number of amides is 2. The van der Waals surface area contributed by atoms with Crippen LogP contribution in [0.5, 0.6) is 0 Å². The van der Waals surface area contributed by atoms with Crippen LogP contribution in [0.15, 0.2) is 0 Å². The summed E-state index contributed by atoms with van der Waals surface area (Å²) in [5, 5.41) is 11.3. The SMILES string of the molecule is CCN(CC(=O)O)C(=O)NCCCCC(C)C. The maximum atomic E-state index is 11.6. The Kier molecular flexibility index (Phi) is 8.19. The number of nitrogens with zero attached hydrogens (tertiary/aromatic N) is 1. The van der Waals surface area contributed by atoms with E-state index in [0.717, 1.165) is 19.3 Å². The van der Waals surface area contributed by atoms with Crippen LogP contribution in [0, 0.1) is 5.92 Å². The third-order valence-electron chi connectivity index (χ3n) is 2.48. The van der Waals surface area contributed by atoms with Gasteiger partial charge in [-0.15, -0.1) is 0 Å².